The molecule has 0 radical (unpaired) electrons. The number of hydrogen-bond donors (Lipinski definition) is 0. The predicted molar refractivity (Wildman–Crippen MR) is 127 cm³/mol. The Morgan fingerprint density at radius 1 is 0.897 bits per heavy atom. The van der Waals surface area contributed by atoms with Crippen LogP contribution in [0.4, 0.5) is 0 Å². The average Bonchev–Trinajstić information content (AvgIpc) is 3.01. The van der Waals surface area contributed by atoms with Crippen molar-refractivity contribution in [2.75, 3.05) is 0 Å². The van der Waals surface area contributed by atoms with E-state index in [-0.39, 0.29) is 9.04 Å². The molecule has 0 aromatic heterocycles. The number of allylic oxidation sites excluding steroid dienone is 1. The Hall–Kier alpha value is -0.357. The first-order chi connectivity index (χ1) is 13.4. The maximum atomic E-state index is 6.71. The summed E-state index contributed by atoms with van der Waals surface area (Å²) in [6.07, 6.45) is 2.41. The summed E-state index contributed by atoms with van der Waals surface area (Å²) < 4.78 is 0.243. The summed E-state index contributed by atoms with van der Waals surface area (Å²) in [5, 5.41) is 0. The van der Waals surface area contributed by atoms with E-state index in [4.69, 9.17) is 17.0 Å². The molecule has 0 bridgehead atoms. The molecule has 0 fully saturated rings. The van der Waals surface area contributed by atoms with Crippen molar-refractivity contribution in [3.8, 4) is 11.1 Å². The number of rotatable bonds is 4. The molecule has 0 aliphatic heterocycles. The summed E-state index contributed by atoms with van der Waals surface area (Å²) in [5.41, 5.74) is 11.0. The summed E-state index contributed by atoms with van der Waals surface area (Å²) in [7, 11) is 13.4. The summed E-state index contributed by atoms with van der Waals surface area (Å²) in [5.74, 6) is 1.01. The summed E-state index contributed by atoms with van der Waals surface area (Å²) in [4.78, 5) is 0. The zero-order chi connectivity index (χ0) is 21.7. The molecular weight excluding hydrogens is 474 g/mol. The van der Waals surface area contributed by atoms with Crippen molar-refractivity contribution in [3.05, 3.63) is 63.7 Å². The van der Waals surface area contributed by atoms with E-state index in [0.29, 0.717) is 11.8 Å². The van der Waals surface area contributed by atoms with Gasteiger partial charge in [-0.05, 0) is 0 Å². The van der Waals surface area contributed by atoms with Crippen molar-refractivity contribution in [1.82, 2.24) is 0 Å². The first-order valence-corrected chi connectivity index (χ1v) is 18.4. The number of aryl methyl sites for hydroxylation is 1. The van der Waals surface area contributed by atoms with E-state index < -0.39 is 19.4 Å². The van der Waals surface area contributed by atoms with Crippen molar-refractivity contribution in [2.45, 2.75) is 70.9 Å². The van der Waals surface area contributed by atoms with Crippen molar-refractivity contribution >= 4 is 23.1 Å². The Kier molecular flexibility index (Phi) is 6.95. The second-order valence-corrected chi connectivity index (χ2v) is 18.8. The Morgan fingerprint density at radius 2 is 1.45 bits per heavy atom. The minimum absolute atomic E-state index is 0.0628. The Morgan fingerprint density at radius 3 is 1.90 bits per heavy atom. The van der Waals surface area contributed by atoms with Crippen LogP contribution in [0.2, 0.25) is 0 Å². The molecule has 0 N–H and O–H groups in total. The fraction of sp³-hybridized carbons (Fsp3) is 0.462. The summed E-state index contributed by atoms with van der Waals surface area (Å²) >= 11 is -2.54. The number of hydrogen-bond acceptors (Lipinski definition) is 0. The second kappa shape index (κ2) is 8.64. The topological polar surface area (TPSA) is 0 Å². The van der Waals surface area contributed by atoms with Gasteiger partial charge < -0.3 is 0 Å². The van der Waals surface area contributed by atoms with E-state index in [2.05, 4.69) is 91.8 Å². The fourth-order valence-electron chi connectivity index (χ4n) is 4.31. The first-order valence-electron chi connectivity index (χ1n) is 10.6. The van der Waals surface area contributed by atoms with Crippen LogP contribution < -0.4 is 0 Å². The Bertz CT molecular complexity index is 920. The first kappa shape index (κ1) is 23.3. The van der Waals surface area contributed by atoms with Gasteiger partial charge in [0.05, 0.1) is 0 Å². The molecule has 155 valence electrons. The van der Waals surface area contributed by atoms with Gasteiger partial charge in [-0.25, -0.2) is 0 Å². The van der Waals surface area contributed by atoms with Gasteiger partial charge in [0.15, 0.2) is 0 Å². The van der Waals surface area contributed by atoms with E-state index in [1.165, 1.54) is 44.5 Å². The standard InChI is InChI=1S/C26H33.2ClH.Zr/c1-16(2)20-11-21(17(3)4)13-22(12-20)25-18(5)9-10-19-14-23(15-24(19)25)26(6,7)8;;;/h9-17H,1-8H3;2*1H;/q;;;+2/p-2. The maximum absolute atomic E-state index is 6.71. The Balaban J connectivity index is 2.31. The molecule has 0 spiro atoms. The molecule has 1 aliphatic rings. The van der Waals surface area contributed by atoms with Crippen LogP contribution in [-0.2, 0) is 19.4 Å². The van der Waals surface area contributed by atoms with Crippen molar-refractivity contribution in [3.63, 3.8) is 0 Å². The molecular formula is C26H33Cl2Zr. The van der Waals surface area contributed by atoms with Crippen LogP contribution in [0.1, 0.15) is 91.7 Å². The van der Waals surface area contributed by atoms with E-state index >= 15 is 0 Å². The van der Waals surface area contributed by atoms with Crippen LogP contribution >= 0.6 is 17.0 Å². The number of benzene rings is 2. The summed E-state index contributed by atoms with van der Waals surface area (Å²) in [6.45, 7) is 18.2. The van der Waals surface area contributed by atoms with E-state index in [0.717, 1.165) is 0 Å². The monoisotopic (exact) mass is 505 g/mol. The van der Waals surface area contributed by atoms with Crippen molar-refractivity contribution in [1.29, 1.82) is 0 Å². The quantitative estimate of drug-likeness (QED) is 0.387. The van der Waals surface area contributed by atoms with Gasteiger partial charge in [-0.15, -0.1) is 0 Å². The minimum atomic E-state index is -2.54. The van der Waals surface area contributed by atoms with Gasteiger partial charge >= 0.3 is 194 Å². The van der Waals surface area contributed by atoms with E-state index in [1.54, 1.807) is 0 Å². The van der Waals surface area contributed by atoms with Gasteiger partial charge in [-0.1, -0.05) is 0 Å². The van der Waals surface area contributed by atoms with Crippen LogP contribution in [-0.4, -0.2) is 0 Å². The molecule has 0 saturated heterocycles. The molecule has 0 amide bonds. The number of fused-ring (bicyclic) bond motifs is 1. The molecule has 0 saturated carbocycles. The Labute approximate surface area is 192 Å². The van der Waals surface area contributed by atoms with Gasteiger partial charge in [0.2, 0.25) is 0 Å². The molecule has 1 atom stereocenters. The van der Waals surface area contributed by atoms with Gasteiger partial charge in [-0.3, -0.25) is 0 Å². The predicted octanol–water partition coefficient (Wildman–Crippen LogP) is 9.32. The van der Waals surface area contributed by atoms with Gasteiger partial charge in [0.1, 0.15) is 0 Å². The van der Waals surface area contributed by atoms with E-state index in [9.17, 15) is 0 Å². The molecule has 29 heavy (non-hydrogen) atoms. The molecule has 2 aromatic rings. The average molecular weight is 508 g/mol. The molecule has 1 unspecified atom stereocenters. The van der Waals surface area contributed by atoms with Gasteiger partial charge in [0.25, 0.3) is 0 Å². The third-order valence-electron chi connectivity index (χ3n) is 6.09. The molecule has 3 rings (SSSR count). The molecule has 0 nitrogen and oxygen atoms in total. The van der Waals surface area contributed by atoms with Crippen LogP contribution in [0.3, 0.4) is 0 Å². The third-order valence-corrected chi connectivity index (χ3v) is 11.3. The second-order valence-electron chi connectivity index (χ2n) is 10.0. The normalized spacial score (nSPS) is 16.4. The zero-order valence-electron chi connectivity index (χ0n) is 19.0. The van der Waals surface area contributed by atoms with Gasteiger partial charge in [0, 0.05) is 0 Å². The van der Waals surface area contributed by atoms with Crippen LogP contribution in [0.25, 0.3) is 17.2 Å². The van der Waals surface area contributed by atoms with Gasteiger partial charge in [-0.2, -0.15) is 0 Å². The number of halogens is 2. The van der Waals surface area contributed by atoms with Crippen molar-refractivity contribution in [2.24, 2.45) is 5.41 Å². The third kappa shape index (κ3) is 4.63. The molecule has 3 heteroatoms. The summed E-state index contributed by atoms with van der Waals surface area (Å²) in [6, 6.07) is 11.7. The molecule has 1 aliphatic carbocycles. The van der Waals surface area contributed by atoms with E-state index in [1.807, 2.05) is 0 Å². The van der Waals surface area contributed by atoms with Crippen LogP contribution in [0.5, 0.6) is 0 Å². The van der Waals surface area contributed by atoms with Crippen LogP contribution in [0, 0.1) is 12.3 Å². The SMILES string of the molecule is Cc1ccc2c(c1-c1cc(C(C)C)cc(C(C)C)c1)C=C(C(C)(C)C)[CH]2[Zr]([Cl])[Cl]. The zero-order valence-corrected chi connectivity index (χ0v) is 22.9. The molecule has 0 heterocycles. The fourth-order valence-corrected chi connectivity index (χ4v) is 10.1. The van der Waals surface area contributed by atoms with Crippen molar-refractivity contribution < 1.29 is 19.4 Å². The van der Waals surface area contributed by atoms with Crippen LogP contribution in [0.15, 0.2) is 35.9 Å². The molecule has 2 aromatic carbocycles.